The first-order valence-electron chi connectivity index (χ1n) is 5.10. The summed E-state index contributed by atoms with van der Waals surface area (Å²) in [5.41, 5.74) is 7.30. The second-order valence-electron chi connectivity index (χ2n) is 3.31. The average molecular weight is 219 g/mol. The number of hydrogen-bond acceptors (Lipinski definition) is 4. The number of carbonyl (C=O) groups is 1. The summed E-state index contributed by atoms with van der Waals surface area (Å²) < 4.78 is 6.73. The van der Waals surface area contributed by atoms with E-state index in [4.69, 9.17) is 10.5 Å². The third-order valence-corrected chi connectivity index (χ3v) is 2.24. The van der Waals surface area contributed by atoms with Crippen molar-refractivity contribution in [1.82, 2.24) is 9.38 Å². The lowest BCUT2D eigenvalue weighted by molar-refractivity contribution is 0.0528. The number of carbonyl (C=O) groups excluding carboxylic acids is 1. The summed E-state index contributed by atoms with van der Waals surface area (Å²) in [6, 6.07) is 3.47. The van der Waals surface area contributed by atoms with Crippen molar-refractivity contribution in [2.24, 2.45) is 5.73 Å². The fourth-order valence-corrected chi connectivity index (χ4v) is 1.53. The molecule has 5 nitrogen and oxygen atoms in total. The van der Waals surface area contributed by atoms with Crippen LogP contribution >= 0.6 is 0 Å². The molecule has 16 heavy (non-hydrogen) atoms. The van der Waals surface area contributed by atoms with Gasteiger partial charge >= 0.3 is 5.97 Å². The number of rotatable bonds is 3. The van der Waals surface area contributed by atoms with E-state index in [0.717, 1.165) is 5.69 Å². The first-order valence-corrected chi connectivity index (χ1v) is 5.10. The number of pyridine rings is 1. The minimum atomic E-state index is -0.359. The second kappa shape index (κ2) is 4.32. The highest BCUT2D eigenvalue weighted by Crippen LogP contribution is 2.12. The van der Waals surface area contributed by atoms with Crippen molar-refractivity contribution in [2.75, 3.05) is 6.61 Å². The van der Waals surface area contributed by atoms with Crippen LogP contribution in [0.15, 0.2) is 24.5 Å². The van der Waals surface area contributed by atoms with Crippen LogP contribution in [-0.4, -0.2) is 22.0 Å². The maximum Gasteiger partial charge on any atom is 0.341 e. The normalized spacial score (nSPS) is 10.6. The van der Waals surface area contributed by atoms with Crippen LogP contribution < -0.4 is 5.73 Å². The Labute approximate surface area is 92.8 Å². The van der Waals surface area contributed by atoms with Gasteiger partial charge in [-0.2, -0.15) is 0 Å². The number of nitrogens with two attached hydrogens (primary N) is 1. The quantitative estimate of drug-likeness (QED) is 0.781. The number of ether oxygens (including phenoxy) is 1. The number of esters is 1. The van der Waals surface area contributed by atoms with Crippen LogP contribution in [0.3, 0.4) is 0 Å². The fraction of sp³-hybridized carbons (Fsp3) is 0.273. The van der Waals surface area contributed by atoms with Crippen molar-refractivity contribution in [3.63, 3.8) is 0 Å². The fourth-order valence-electron chi connectivity index (χ4n) is 1.53. The van der Waals surface area contributed by atoms with Crippen LogP contribution in [-0.2, 0) is 11.3 Å². The highest BCUT2D eigenvalue weighted by atomic mass is 16.5. The molecule has 0 saturated heterocycles. The van der Waals surface area contributed by atoms with Crippen molar-refractivity contribution in [3.8, 4) is 0 Å². The number of hydrogen-bond donors (Lipinski definition) is 1. The molecule has 0 fully saturated rings. The topological polar surface area (TPSA) is 69.6 Å². The SMILES string of the molecule is CCOC(=O)c1cccn2cc(CN)nc12. The minimum Gasteiger partial charge on any atom is -0.462 e. The van der Waals surface area contributed by atoms with Gasteiger partial charge in [0.25, 0.3) is 0 Å². The zero-order valence-corrected chi connectivity index (χ0v) is 9.01. The summed E-state index contributed by atoms with van der Waals surface area (Å²) >= 11 is 0. The Morgan fingerprint density at radius 3 is 3.12 bits per heavy atom. The molecule has 0 atom stereocenters. The van der Waals surface area contributed by atoms with Gasteiger partial charge in [-0.15, -0.1) is 0 Å². The van der Waals surface area contributed by atoms with E-state index >= 15 is 0 Å². The first kappa shape index (κ1) is 10.6. The van der Waals surface area contributed by atoms with Gasteiger partial charge in [-0.05, 0) is 19.1 Å². The monoisotopic (exact) mass is 219 g/mol. The van der Waals surface area contributed by atoms with Gasteiger partial charge in [-0.1, -0.05) is 0 Å². The summed E-state index contributed by atoms with van der Waals surface area (Å²) in [6.07, 6.45) is 3.63. The molecule has 2 rings (SSSR count). The van der Waals surface area contributed by atoms with Gasteiger partial charge in [0.2, 0.25) is 0 Å². The molecule has 0 radical (unpaired) electrons. The Hall–Kier alpha value is -1.88. The van der Waals surface area contributed by atoms with Crippen LogP contribution in [0.4, 0.5) is 0 Å². The zero-order valence-electron chi connectivity index (χ0n) is 9.01. The minimum absolute atomic E-state index is 0.351. The maximum atomic E-state index is 11.6. The van der Waals surface area contributed by atoms with E-state index < -0.39 is 0 Å². The summed E-state index contributed by atoms with van der Waals surface area (Å²) in [5, 5.41) is 0. The van der Waals surface area contributed by atoms with Crippen LogP contribution in [0.5, 0.6) is 0 Å². The van der Waals surface area contributed by atoms with Gasteiger partial charge in [-0.25, -0.2) is 9.78 Å². The molecule has 0 aliphatic rings. The Morgan fingerprint density at radius 1 is 1.62 bits per heavy atom. The van der Waals surface area contributed by atoms with Gasteiger partial charge in [0.1, 0.15) is 5.56 Å². The number of fused-ring (bicyclic) bond motifs is 1. The number of imidazole rings is 1. The molecule has 5 heteroatoms. The molecule has 0 aliphatic heterocycles. The van der Waals surface area contributed by atoms with E-state index in [9.17, 15) is 4.79 Å². The smallest absolute Gasteiger partial charge is 0.341 e. The predicted molar refractivity (Wildman–Crippen MR) is 59.0 cm³/mol. The highest BCUT2D eigenvalue weighted by molar-refractivity contribution is 5.95. The Balaban J connectivity index is 2.52. The van der Waals surface area contributed by atoms with E-state index in [2.05, 4.69) is 4.98 Å². The number of aromatic nitrogens is 2. The standard InChI is InChI=1S/C11H13N3O2/c1-2-16-11(15)9-4-3-5-14-7-8(6-12)13-10(9)14/h3-5,7H,2,6,12H2,1H3. The summed E-state index contributed by atoms with van der Waals surface area (Å²) in [6.45, 7) is 2.48. The Bertz CT molecular complexity index is 519. The van der Waals surface area contributed by atoms with E-state index in [1.807, 2.05) is 6.20 Å². The molecular formula is C11H13N3O2. The van der Waals surface area contributed by atoms with E-state index in [-0.39, 0.29) is 5.97 Å². The molecule has 2 aromatic rings. The summed E-state index contributed by atoms with van der Waals surface area (Å²) in [5.74, 6) is -0.359. The lowest BCUT2D eigenvalue weighted by atomic mass is 10.3. The van der Waals surface area contributed by atoms with Gasteiger partial charge in [0.15, 0.2) is 5.65 Å². The van der Waals surface area contributed by atoms with Crippen molar-refractivity contribution in [1.29, 1.82) is 0 Å². The lowest BCUT2D eigenvalue weighted by Crippen LogP contribution is -2.06. The molecule has 0 aliphatic carbocycles. The van der Waals surface area contributed by atoms with Crippen LogP contribution in [0.2, 0.25) is 0 Å². The van der Waals surface area contributed by atoms with Crippen LogP contribution in [0.1, 0.15) is 23.0 Å². The lowest BCUT2D eigenvalue weighted by Gasteiger charge is -2.02. The molecule has 84 valence electrons. The summed E-state index contributed by atoms with van der Waals surface area (Å²) in [7, 11) is 0. The zero-order chi connectivity index (χ0) is 11.5. The first-order chi connectivity index (χ1) is 7.76. The van der Waals surface area contributed by atoms with Gasteiger partial charge in [0.05, 0.1) is 12.3 Å². The average Bonchev–Trinajstić information content (AvgIpc) is 2.71. The second-order valence-corrected chi connectivity index (χ2v) is 3.31. The summed E-state index contributed by atoms with van der Waals surface area (Å²) in [4.78, 5) is 15.9. The molecule has 0 saturated carbocycles. The molecule has 0 spiro atoms. The molecule has 0 bridgehead atoms. The van der Waals surface area contributed by atoms with Crippen molar-refractivity contribution in [2.45, 2.75) is 13.5 Å². The third-order valence-electron chi connectivity index (χ3n) is 2.24. The van der Waals surface area contributed by atoms with Gasteiger partial charge < -0.3 is 14.9 Å². The largest absolute Gasteiger partial charge is 0.462 e. The molecule has 0 unspecified atom stereocenters. The van der Waals surface area contributed by atoms with E-state index in [1.165, 1.54) is 0 Å². The number of nitrogens with zero attached hydrogens (tertiary/aromatic N) is 2. The van der Waals surface area contributed by atoms with Crippen LogP contribution in [0, 0.1) is 0 Å². The van der Waals surface area contributed by atoms with E-state index in [1.54, 1.807) is 29.7 Å². The molecule has 2 heterocycles. The Kier molecular flexibility index (Phi) is 2.87. The molecule has 2 N–H and O–H groups in total. The van der Waals surface area contributed by atoms with Crippen LogP contribution in [0.25, 0.3) is 5.65 Å². The molecule has 0 amide bonds. The van der Waals surface area contributed by atoms with E-state index in [0.29, 0.717) is 24.4 Å². The van der Waals surface area contributed by atoms with Gasteiger partial charge in [0, 0.05) is 18.9 Å². The van der Waals surface area contributed by atoms with Crippen molar-refractivity contribution < 1.29 is 9.53 Å². The molecule has 0 aromatic carbocycles. The Morgan fingerprint density at radius 2 is 2.44 bits per heavy atom. The molecule has 2 aromatic heterocycles. The predicted octanol–water partition coefficient (Wildman–Crippen LogP) is 0.970. The van der Waals surface area contributed by atoms with Crippen molar-refractivity contribution >= 4 is 11.6 Å². The maximum absolute atomic E-state index is 11.6. The van der Waals surface area contributed by atoms with Gasteiger partial charge in [-0.3, -0.25) is 0 Å². The van der Waals surface area contributed by atoms with Crippen molar-refractivity contribution in [3.05, 3.63) is 35.8 Å². The highest BCUT2D eigenvalue weighted by Gasteiger charge is 2.13. The third kappa shape index (κ3) is 1.77. The molecular weight excluding hydrogens is 206 g/mol.